The summed E-state index contributed by atoms with van der Waals surface area (Å²) in [4.78, 5) is 22.2. The Hall–Kier alpha value is -3.45. The topological polar surface area (TPSA) is 62.2 Å². The van der Waals surface area contributed by atoms with Gasteiger partial charge < -0.3 is 10.3 Å². The van der Waals surface area contributed by atoms with Crippen LogP contribution in [-0.4, -0.2) is 20.3 Å². The molecule has 0 bridgehead atoms. The van der Waals surface area contributed by atoms with Gasteiger partial charge in [-0.15, -0.1) is 0 Å². The Kier molecular flexibility index (Phi) is 4.17. The van der Waals surface area contributed by atoms with E-state index in [4.69, 9.17) is 0 Å². The van der Waals surface area contributed by atoms with E-state index in [0.717, 1.165) is 37.7 Å². The number of aryl methyl sites for hydroxylation is 1. The predicted molar refractivity (Wildman–Crippen MR) is 113 cm³/mol. The SMILES string of the molecule is Cc1c(CNC(=O)c2ccc3cc[nH]c3c2)sc2nc(-c3ccc(F)cc3)cn12. The van der Waals surface area contributed by atoms with Crippen LogP contribution < -0.4 is 5.32 Å². The molecule has 7 heteroatoms. The van der Waals surface area contributed by atoms with Crippen LogP contribution in [-0.2, 0) is 6.54 Å². The first-order valence-corrected chi connectivity index (χ1v) is 9.99. The number of fused-ring (bicyclic) bond motifs is 2. The number of H-pyrrole nitrogens is 1. The fourth-order valence-corrected chi connectivity index (χ4v) is 4.41. The highest BCUT2D eigenvalue weighted by Crippen LogP contribution is 2.27. The van der Waals surface area contributed by atoms with Crippen LogP contribution in [0, 0.1) is 12.7 Å². The van der Waals surface area contributed by atoms with E-state index in [1.54, 1.807) is 23.5 Å². The normalized spacial score (nSPS) is 11.4. The van der Waals surface area contributed by atoms with Crippen LogP contribution in [0.4, 0.5) is 4.39 Å². The summed E-state index contributed by atoms with van der Waals surface area (Å²) in [5, 5.41) is 4.07. The van der Waals surface area contributed by atoms with E-state index in [9.17, 15) is 9.18 Å². The van der Waals surface area contributed by atoms with Gasteiger partial charge in [-0.3, -0.25) is 9.20 Å². The third-order valence-electron chi connectivity index (χ3n) is 5.02. The average molecular weight is 404 g/mol. The first-order chi connectivity index (χ1) is 14.1. The Labute approximate surface area is 169 Å². The van der Waals surface area contributed by atoms with Gasteiger partial charge in [0, 0.05) is 39.6 Å². The molecule has 5 nitrogen and oxygen atoms in total. The summed E-state index contributed by atoms with van der Waals surface area (Å²) >= 11 is 1.54. The Balaban J connectivity index is 1.35. The van der Waals surface area contributed by atoms with E-state index in [2.05, 4.69) is 15.3 Å². The lowest BCUT2D eigenvalue weighted by molar-refractivity contribution is 0.0951. The molecule has 1 amide bonds. The van der Waals surface area contributed by atoms with Crippen LogP contribution in [0.5, 0.6) is 0 Å². The molecule has 2 N–H and O–H groups in total. The van der Waals surface area contributed by atoms with Crippen molar-refractivity contribution in [2.24, 2.45) is 0 Å². The van der Waals surface area contributed by atoms with Gasteiger partial charge in [0.1, 0.15) is 5.82 Å². The zero-order valence-electron chi connectivity index (χ0n) is 15.6. The highest BCUT2D eigenvalue weighted by molar-refractivity contribution is 7.17. The monoisotopic (exact) mass is 404 g/mol. The largest absolute Gasteiger partial charge is 0.361 e. The molecule has 3 aromatic heterocycles. The van der Waals surface area contributed by atoms with E-state index in [-0.39, 0.29) is 11.7 Å². The number of nitrogens with zero attached hydrogens (tertiary/aromatic N) is 2. The molecule has 0 spiro atoms. The minimum atomic E-state index is -0.264. The fraction of sp³-hybridized carbons (Fsp3) is 0.0909. The molecule has 0 atom stereocenters. The smallest absolute Gasteiger partial charge is 0.251 e. The molecule has 0 saturated heterocycles. The number of amides is 1. The Morgan fingerprint density at radius 1 is 1.21 bits per heavy atom. The summed E-state index contributed by atoms with van der Waals surface area (Å²) in [5.41, 5.74) is 4.27. The first-order valence-electron chi connectivity index (χ1n) is 9.17. The molecule has 5 aromatic rings. The molecular formula is C22H17FN4OS. The van der Waals surface area contributed by atoms with E-state index in [0.29, 0.717) is 12.1 Å². The van der Waals surface area contributed by atoms with Crippen LogP contribution in [0.3, 0.4) is 0 Å². The number of nitrogens with one attached hydrogen (secondary N) is 2. The molecule has 2 aromatic carbocycles. The maximum Gasteiger partial charge on any atom is 0.251 e. The van der Waals surface area contributed by atoms with E-state index in [1.807, 2.05) is 48.0 Å². The maximum atomic E-state index is 13.1. The number of imidazole rings is 1. The van der Waals surface area contributed by atoms with Crippen LogP contribution in [0.2, 0.25) is 0 Å². The lowest BCUT2D eigenvalue weighted by Crippen LogP contribution is -2.22. The molecule has 144 valence electrons. The number of aromatic nitrogens is 3. The molecule has 0 aliphatic heterocycles. The minimum absolute atomic E-state index is 0.112. The highest BCUT2D eigenvalue weighted by atomic mass is 32.1. The van der Waals surface area contributed by atoms with Crippen LogP contribution in [0.25, 0.3) is 27.1 Å². The molecule has 0 unspecified atom stereocenters. The van der Waals surface area contributed by atoms with Crippen molar-refractivity contribution in [1.29, 1.82) is 0 Å². The standard InChI is InChI=1S/C22H17FN4OS/c1-13-20(11-25-21(28)16-3-2-15-8-9-24-18(15)10-16)29-22-26-19(12-27(13)22)14-4-6-17(23)7-5-14/h2-10,12,24H,11H2,1H3,(H,25,28). The van der Waals surface area contributed by atoms with Crippen molar-refractivity contribution in [3.05, 3.63) is 82.9 Å². The Morgan fingerprint density at radius 2 is 2.03 bits per heavy atom. The number of benzene rings is 2. The fourth-order valence-electron chi connectivity index (χ4n) is 3.37. The van der Waals surface area contributed by atoms with E-state index in [1.165, 1.54) is 12.1 Å². The summed E-state index contributed by atoms with van der Waals surface area (Å²) in [6.45, 7) is 2.44. The zero-order chi connectivity index (χ0) is 20.0. The van der Waals surface area contributed by atoms with Crippen LogP contribution in [0.15, 0.2) is 60.9 Å². The molecule has 0 saturated carbocycles. The van der Waals surface area contributed by atoms with Crippen molar-refractivity contribution in [2.75, 3.05) is 0 Å². The van der Waals surface area contributed by atoms with Gasteiger partial charge in [-0.05, 0) is 54.8 Å². The van der Waals surface area contributed by atoms with Crippen molar-refractivity contribution in [2.45, 2.75) is 13.5 Å². The summed E-state index contributed by atoms with van der Waals surface area (Å²) in [6, 6.07) is 13.9. The summed E-state index contributed by atoms with van der Waals surface area (Å²) in [6.07, 6.45) is 3.80. The van der Waals surface area contributed by atoms with Gasteiger partial charge in [-0.25, -0.2) is 9.37 Å². The number of halogens is 1. The number of aromatic amines is 1. The van der Waals surface area contributed by atoms with Crippen molar-refractivity contribution >= 4 is 33.1 Å². The van der Waals surface area contributed by atoms with Gasteiger partial charge in [0.05, 0.1) is 12.2 Å². The van der Waals surface area contributed by atoms with Crippen LogP contribution in [0.1, 0.15) is 20.9 Å². The second-order valence-corrected chi connectivity index (χ2v) is 7.92. The molecule has 0 aliphatic carbocycles. The second kappa shape index (κ2) is 6.86. The number of carbonyl (C=O) groups is 1. The van der Waals surface area contributed by atoms with Crippen molar-refractivity contribution in [1.82, 2.24) is 19.7 Å². The van der Waals surface area contributed by atoms with Gasteiger partial charge in [-0.1, -0.05) is 17.4 Å². The summed E-state index contributed by atoms with van der Waals surface area (Å²) in [7, 11) is 0. The summed E-state index contributed by atoms with van der Waals surface area (Å²) < 4.78 is 15.1. The first kappa shape index (κ1) is 17.6. The van der Waals surface area contributed by atoms with Crippen molar-refractivity contribution < 1.29 is 9.18 Å². The highest BCUT2D eigenvalue weighted by Gasteiger charge is 2.14. The minimum Gasteiger partial charge on any atom is -0.361 e. The average Bonchev–Trinajstić information content (AvgIpc) is 3.42. The Morgan fingerprint density at radius 3 is 2.83 bits per heavy atom. The number of hydrogen-bond donors (Lipinski definition) is 2. The van der Waals surface area contributed by atoms with Gasteiger partial charge in [0.15, 0.2) is 4.96 Å². The number of hydrogen-bond acceptors (Lipinski definition) is 3. The third-order valence-corrected chi connectivity index (χ3v) is 6.18. The molecule has 0 radical (unpaired) electrons. The molecular weight excluding hydrogens is 387 g/mol. The third kappa shape index (κ3) is 3.19. The molecule has 3 heterocycles. The summed E-state index contributed by atoms with van der Waals surface area (Å²) in [5.74, 6) is -0.377. The maximum absolute atomic E-state index is 13.1. The van der Waals surface area contributed by atoms with Gasteiger partial charge >= 0.3 is 0 Å². The lowest BCUT2D eigenvalue weighted by Gasteiger charge is -2.05. The number of rotatable bonds is 4. The van der Waals surface area contributed by atoms with Gasteiger partial charge in [-0.2, -0.15) is 0 Å². The van der Waals surface area contributed by atoms with E-state index < -0.39 is 0 Å². The molecule has 0 aliphatic rings. The van der Waals surface area contributed by atoms with Crippen molar-refractivity contribution in [3.63, 3.8) is 0 Å². The zero-order valence-corrected chi connectivity index (χ0v) is 16.4. The number of carbonyl (C=O) groups excluding carboxylic acids is 1. The predicted octanol–water partition coefficient (Wildman–Crippen LogP) is 4.92. The Bertz CT molecular complexity index is 1350. The number of thiazole rings is 1. The molecule has 5 rings (SSSR count). The quantitative estimate of drug-likeness (QED) is 0.447. The molecule has 29 heavy (non-hydrogen) atoms. The van der Waals surface area contributed by atoms with Crippen LogP contribution >= 0.6 is 11.3 Å². The van der Waals surface area contributed by atoms with E-state index >= 15 is 0 Å². The molecule has 0 fully saturated rings. The second-order valence-electron chi connectivity index (χ2n) is 6.86. The van der Waals surface area contributed by atoms with Gasteiger partial charge in [0.2, 0.25) is 0 Å². The lowest BCUT2D eigenvalue weighted by atomic mass is 10.1. The van der Waals surface area contributed by atoms with Crippen molar-refractivity contribution in [3.8, 4) is 11.3 Å². The van der Waals surface area contributed by atoms with Gasteiger partial charge in [0.25, 0.3) is 5.91 Å².